The number of benzene rings is 2. The van der Waals surface area contributed by atoms with Gasteiger partial charge in [-0.15, -0.1) is 0 Å². The van der Waals surface area contributed by atoms with Gasteiger partial charge in [0.2, 0.25) is 0 Å². The van der Waals surface area contributed by atoms with E-state index in [1.54, 1.807) is 24.3 Å². The molecule has 0 bridgehead atoms. The average Bonchev–Trinajstić information content (AvgIpc) is 2.69. The molecule has 1 heterocycles. The Balaban J connectivity index is 1.60. The van der Waals surface area contributed by atoms with Crippen molar-refractivity contribution in [3.8, 4) is 5.75 Å². The number of hydrogen-bond acceptors (Lipinski definition) is 4. The van der Waals surface area contributed by atoms with Crippen LogP contribution in [0.25, 0.3) is 10.9 Å². The first-order valence-corrected chi connectivity index (χ1v) is 9.41. The number of para-hydroxylation sites is 2. The highest BCUT2D eigenvalue weighted by Gasteiger charge is 2.14. The maximum atomic E-state index is 12.5. The summed E-state index contributed by atoms with van der Waals surface area (Å²) in [6.07, 6.45) is 3.84. The number of hydrogen-bond donors (Lipinski definition) is 1. The predicted octanol–water partition coefficient (Wildman–Crippen LogP) is 4.52. The van der Waals surface area contributed by atoms with E-state index in [4.69, 9.17) is 4.74 Å². The van der Waals surface area contributed by atoms with E-state index in [1.807, 2.05) is 30.3 Å². The van der Waals surface area contributed by atoms with Crippen molar-refractivity contribution in [1.82, 2.24) is 9.97 Å². The topological polar surface area (TPSA) is 72.0 Å². The van der Waals surface area contributed by atoms with E-state index >= 15 is 0 Å². The second kappa shape index (κ2) is 9.12. The van der Waals surface area contributed by atoms with Crippen LogP contribution in [0.2, 0.25) is 0 Å². The van der Waals surface area contributed by atoms with Gasteiger partial charge in [0.05, 0.1) is 17.0 Å². The highest BCUT2D eigenvalue weighted by Crippen LogP contribution is 2.18. The van der Waals surface area contributed by atoms with Crippen molar-refractivity contribution >= 4 is 16.7 Å². The van der Waals surface area contributed by atoms with Crippen LogP contribution in [0.4, 0.5) is 0 Å². The van der Waals surface area contributed by atoms with Crippen molar-refractivity contribution in [2.24, 2.45) is 0 Å². The third kappa shape index (κ3) is 5.03. The normalized spacial score (nSPS) is 12.0. The summed E-state index contributed by atoms with van der Waals surface area (Å²) in [7, 11) is 0. The van der Waals surface area contributed by atoms with Crippen LogP contribution in [-0.4, -0.2) is 21.9 Å². The van der Waals surface area contributed by atoms with E-state index in [0.29, 0.717) is 23.7 Å². The fourth-order valence-corrected chi connectivity index (χ4v) is 3.10. The first-order valence-electron chi connectivity index (χ1n) is 9.41. The van der Waals surface area contributed by atoms with Gasteiger partial charge in [0.25, 0.3) is 5.56 Å². The molecule has 3 rings (SSSR count). The molecule has 2 aromatic carbocycles. The van der Waals surface area contributed by atoms with Crippen molar-refractivity contribution in [3.05, 3.63) is 70.8 Å². The van der Waals surface area contributed by atoms with E-state index in [2.05, 4.69) is 16.9 Å². The monoisotopic (exact) mass is 364 g/mol. The van der Waals surface area contributed by atoms with Gasteiger partial charge in [-0.3, -0.25) is 9.59 Å². The molecule has 0 fully saturated rings. The van der Waals surface area contributed by atoms with Gasteiger partial charge in [-0.25, -0.2) is 4.98 Å². The average molecular weight is 364 g/mol. The Hall–Kier alpha value is -2.95. The van der Waals surface area contributed by atoms with Crippen LogP contribution < -0.4 is 10.3 Å². The van der Waals surface area contributed by atoms with E-state index < -0.39 is 0 Å². The van der Waals surface area contributed by atoms with E-state index in [0.717, 1.165) is 25.0 Å². The van der Waals surface area contributed by atoms with Gasteiger partial charge in [0.15, 0.2) is 11.6 Å². The zero-order chi connectivity index (χ0) is 19.1. The fraction of sp³-hybridized carbons (Fsp3) is 0.318. The summed E-state index contributed by atoms with van der Waals surface area (Å²) in [6, 6.07) is 16.8. The summed E-state index contributed by atoms with van der Waals surface area (Å²) in [6.45, 7) is 2.12. The van der Waals surface area contributed by atoms with Gasteiger partial charge in [-0.05, 0) is 43.5 Å². The quantitative estimate of drug-likeness (QED) is 0.567. The standard InChI is InChI=1S/C22H24N2O3/c1-2-9-16(27-17-10-4-3-5-11-17)12-8-15-20(25)21-23-19-14-7-6-13-18(19)22(26)24-21/h3-7,10-11,13-14,16H,2,8-9,12,15H2,1H3,(H,23,24,26). The van der Waals surface area contributed by atoms with Crippen LogP contribution in [0.5, 0.6) is 5.75 Å². The highest BCUT2D eigenvalue weighted by atomic mass is 16.5. The number of carbonyl (C=O) groups is 1. The molecule has 0 saturated carbocycles. The summed E-state index contributed by atoms with van der Waals surface area (Å²) in [5.74, 6) is 0.838. The number of H-pyrrole nitrogens is 1. The number of nitrogens with one attached hydrogen (secondary N) is 1. The molecule has 0 radical (unpaired) electrons. The molecule has 0 aliphatic rings. The summed E-state index contributed by atoms with van der Waals surface area (Å²) in [4.78, 5) is 31.5. The lowest BCUT2D eigenvalue weighted by Crippen LogP contribution is -2.18. The first-order chi connectivity index (χ1) is 13.2. The largest absolute Gasteiger partial charge is 0.490 e. The van der Waals surface area contributed by atoms with E-state index in [-0.39, 0.29) is 23.3 Å². The number of ketones is 1. The number of rotatable bonds is 9. The number of ether oxygens (including phenoxy) is 1. The lowest BCUT2D eigenvalue weighted by Gasteiger charge is -2.18. The third-order valence-electron chi connectivity index (χ3n) is 4.46. The fourth-order valence-electron chi connectivity index (χ4n) is 3.10. The minimum Gasteiger partial charge on any atom is -0.490 e. The zero-order valence-electron chi connectivity index (χ0n) is 15.5. The molecular weight excluding hydrogens is 340 g/mol. The minimum absolute atomic E-state index is 0.0776. The lowest BCUT2D eigenvalue weighted by atomic mass is 10.1. The predicted molar refractivity (Wildman–Crippen MR) is 106 cm³/mol. The molecule has 0 aliphatic heterocycles. The van der Waals surface area contributed by atoms with Crippen LogP contribution in [0.15, 0.2) is 59.4 Å². The van der Waals surface area contributed by atoms with E-state index in [9.17, 15) is 9.59 Å². The zero-order valence-corrected chi connectivity index (χ0v) is 15.5. The van der Waals surface area contributed by atoms with Gasteiger partial charge >= 0.3 is 0 Å². The summed E-state index contributed by atoms with van der Waals surface area (Å²) in [5, 5.41) is 0.494. The Morgan fingerprint density at radius 2 is 1.81 bits per heavy atom. The second-order valence-corrected chi connectivity index (χ2v) is 6.59. The molecule has 3 aromatic rings. The molecular formula is C22H24N2O3. The summed E-state index contributed by atoms with van der Waals surface area (Å²) < 4.78 is 6.03. The van der Waals surface area contributed by atoms with Gasteiger partial charge < -0.3 is 9.72 Å². The van der Waals surface area contributed by atoms with Gasteiger partial charge in [0.1, 0.15) is 5.75 Å². The van der Waals surface area contributed by atoms with Gasteiger partial charge in [-0.1, -0.05) is 43.7 Å². The Morgan fingerprint density at radius 3 is 2.59 bits per heavy atom. The van der Waals surface area contributed by atoms with Crippen LogP contribution >= 0.6 is 0 Å². The lowest BCUT2D eigenvalue weighted by molar-refractivity contribution is 0.0961. The van der Waals surface area contributed by atoms with Gasteiger partial charge in [0, 0.05) is 6.42 Å². The van der Waals surface area contributed by atoms with E-state index in [1.165, 1.54) is 0 Å². The Morgan fingerprint density at radius 1 is 1.07 bits per heavy atom. The smallest absolute Gasteiger partial charge is 0.259 e. The molecule has 1 atom stereocenters. The number of fused-ring (bicyclic) bond motifs is 1. The summed E-state index contributed by atoms with van der Waals surface area (Å²) in [5.41, 5.74) is 0.265. The van der Waals surface area contributed by atoms with Crippen molar-refractivity contribution in [2.45, 2.75) is 45.1 Å². The van der Waals surface area contributed by atoms with Crippen LogP contribution in [-0.2, 0) is 0 Å². The molecule has 0 aliphatic carbocycles. The molecule has 140 valence electrons. The number of Topliss-reactive ketones (excluding diaryl/α,β-unsaturated/α-hetero) is 1. The van der Waals surface area contributed by atoms with Crippen molar-refractivity contribution in [3.63, 3.8) is 0 Å². The Labute approximate surface area is 158 Å². The second-order valence-electron chi connectivity index (χ2n) is 6.59. The molecule has 1 aromatic heterocycles. The molecule has 1 N–H and O–H groups in total. The Bertz CT molecular complexity index is 950. The van der Waals surface area contributed by atoms with Crippen molar-refractivity contribution in [2.75, 3.05) is 0 Å². The molecule has 0 saturated heterocycles. The molecule has 5 nitrogen and oxygen atoms in total. The van der Waals surface area contributed by atoms with Crippen molar-refractivity contribution in [1.29, 1.82) is 0 Å². The first kappa shape index (κ1) is 18.8. The minimum atomic E-state index is -0.278. The molecule has 1 unspecified atom stereocenters. The number of aromatic nitrogens is 2. The van der Waals surface area contributed by atoms with Crippen molar-refractivity contribution < 1.29 is 9.53 Å². The van der Waals surface area contributed by atoms with Crippen LogP contribution in [0.3, 0.4) is 0 Å². The van der Waals surface area contributed by atoms with Crippen LogP contribution in [0.1, 0.15) is 49.6 Å². The van der Waals surface area contributed by atoms with Crippen LogP contribution in [0, 0.1) is 0 Å². The molecule has 0 amide bonds. The van der Waals surface area contributed by atoms with Gasteiger partial charge in [-0.2, -0.15) is 0 Å². The maximum Gasteiger partial charge on any atom is 0.259 e. The molecule has 0 spiro atoms. The third-order valence-corrected chi connectivity index (χ3v) is 4.46. The highest BCUT2D eigenvalue weighted by molar-refractivity contribution is 5.94. The number of nitrogens with zero attached hydrogens (tertiary/aromatic N) is 1. The SMILES string of the molecule is CCCC(CCCC(=O)c1nc2ccccc2c(=O)[nH]1)Oc1ccccc1. The number of carbonyl (C=O) groups excluding carboxylic acids is 1. The number of aromatic amines is 1. The maximum absolute atomic E-state index is 12.5. The molecule has 5 heteroatoms. The Kier molecular flexibility index (Phi) is 6.36. The summed E-state index contributed by atoms with van der Waals surface area (Å²) >= 11 is 0. The molecule has 27 heavy (non-hydrogen) atoms.